The van der Waals surface area contributed by atoms with E-state index in [0.717, 1.165) is 27.7 Å². The normalized spacial score (nSPS) is 10.4. The molecular weight excluding hydrogens is 413 g/mol. The lowest BCUT2D eigenvalue weighted by molar-refractivity contribution is 0.0526. The molecule has 0 aliphatic rings. The smallest absolute Gasteiger partial charge is 0.340 e. The first-order chi connectivity index (χ1) is 13.0. The second kappa shape index (κ2) is 10.5. The quantitative estimate of drug-likeness (QED) is 0.534. The Labute approximate surface area is 183 Å². The van der Waals surface area contributed by atoms with Crippen LogP contribution in [0.3, 0.4) is 0 Å². The first-order valence-electron chi connectivity index (χ1n) is 8.89. The highest BCUT2D eigenvalue weighted by atomic mass is 35.5. The third kappa shape index (κ3) is 4.83. The third-order valence-electron chi connectivity index (χ3n) is 4.56. The number of halogens is 2. The molecule has 0 aliphatic carbocycles. The number of rotatable bonds is 6. The third-order valence-corrected chi connectivity index (χ3v) is 4.56. The largest absolute Gasteiger partial charge is 0.496 e. The van der Waals surface area contributed by atoms with Gasteiger partial charge in [0.05, 0.1) is 19.3 Å². The molecule has 0 spiro atoms. The van der Waals surface area contributed by atoms with Gasteiger partial charge in [-0.15, -0.1) is 24.8 Å². The second-order valence-corrected chi connectivity index (χ2v) is 6.65. The number of hydrogen-bond donors (Lipinski definition) is 0. The molecule has 3 aromatic rings. The van der Waals surface area contributed by atoms with Gasteiger partial charge in [0.2, 0.25) is 0 Å². The van der Waals surface area contributed by atoms with Crippen molar-refractivity contribution < 1.29 is 14.3 Å². The van der Waals surface area contributed by atoms with Crippen LogP contribution in [-0.2, 0) is 18.3 Å². The molecule has 0 saturated heterocycles. The highest BCUT2D eigenvalue weighted by Crippen LogP contribution is 2.37. The zero-order chi connectivity index (χ0) is 19.6. The Morgan fingerprint density at radius 1 is 1.24 bits per heavy atom. The van der Waals surface area contributed by atoms with Gasteiger partial charge >= 0.3 is 5.97 Å². The van der Waals surface area contributed by atoms with Crippen molar-refractivity contribution in [3.8, 4) is 16.9 Å². The van der Waals surface area contributed by atoms with E-state index in [1.54, 1.807) is 19.5 Å². The van der Waals surface area contributed by atoms with Gasteiger partial charge in [-0.2, -0.15) is 0 Å². The number of nitrogens with zero attached hydrogens (tertiary/aromatic N) is 3. The fourth-order valence-corrected chi connectivity index (χ4v) is 3.35. The van der Waals surface area contributed by atoms with Crippen molar-refractivity contribution in [1.82, 2.24) is 14.5 Å². The lowest BCUT2D eigenvalue weighted by atomic mass is 10.0. The minimum Gasteiger partial charge on any atom is -0.496 e. The Bertz CT molecular complexity index is 972. The zero-order valence-electron chi connectivity index (χ0n) is 17.3. The molecule has 6 nitrogen and oxygen atoms in total. The number of ether oxygens (including phenoxy) is 2. The van der Waals surface area contributed by atoms with Crippen LogP contribution in [-0.4, -0.2) is 48.2 Å². The van der Waals surface area contributed by atoms with Crippen LogP contribution in [0, 0.1) is 0 Å². The summed E-state index contributed by atoms with van der Waals surface area (Å²) in [6.45, 7) is 2.78. The monoisotopic (exact) mass is 439 g/mol. The molecule has 8 heteroatoms. The van der Waals surface area contributed by atoms with Gasteiger partial charge in [-0.25, -0.2) is 4.79 Å². The minimum atomic E-state index is -0.309. The van der Waals surface area contributed by atoms with Crippen LogP contribution in [0.5, 0.6) is 5.75 Å². The summed E-state index contributed by atoms with van der Waals surface area (Å²) < 4.78 is 13.0. The molecule has 0 saturated carbocycles. The summed E-state index contributed by atoms with van der Waals surface area (Å²) in [5, 5.41) is 0.831. The van der Waals surface area contributed by atoms with Crippen LogP contribution >= 0.6 is 24.8 Å². The molecule has 158 valence electrons. The Balaban J connectivity index is 0.00000210. The molecule has 0 fully saturated rings. The molecule has 0 atom stereocenters. The molecule has 0 aliphatic heterocycles. The summed E-state index contributed by atoms with van der Waals surface area (Å²) in [5.41, 5.74) is 4.36. The highest BCUT2D eigenvalue weighted by Gasteiger charge is 2.24. The number of esters is 1. The van der Waals surface area contributed by atoms with Crippen LogP contribution in [0.1, 0.15) is 23.0 Å². The van der Waals surface area contributed by atoms with E-state index in [1.807, 2.05) is 57.2 Å². The van der Waals surface area contributed by atoms with Crippen LogP contribution in [0.2, 0.25) is 0 Å². The summed E-state index contributed by atoms with van der Waals surface area (Å²) in [6, 6.07) is 7.86. The summed E-state index contributed by atoms with van der Waals surface area (Å²) >= 11 is 0. The number of aryl methyl sites for hydroxylation is 1. The van der Waals surface area contributed by atoms with Crippen LogP contribution in [0.25, 0.3) is 22.0 Å². The van der Waals surface area contributed by atoms with Crippen LogP contribution in [0.15, 0.2) is 36.7 Å². The standard InChI is InChI=1S/C21H25N3O3.2ClH/c1-6-27-21(25)20-16-11-19(26-5)15(14-8-7-9-22-12-14)10-17(16)24(4)18(20)13-23(2)3;;/h7-12H,6,13H2,1-5H3;2*1H. The first-order valence-corrected chi connectivity index (χ1v) is 8.89. The number of pyridine rings is 1. The maximum Gasteiger partial charge on any atom is 0.340 e. The number of carbonyl (C=O) groups is 1. The van der Waals surface area contributed by atoms with E-state index >= 15 is 0 Å². The molecule has 2 heterocycles. The molecule has 29 heavy (non-hydrogen) atoms. The Morgan fingerprint density at radius 2 is 1.97 bits per heavy atom. The number of aromatic nitrogens is 2. The van der Waals surface area contributed by atoms with E-state index < -0.39 is 0 Å². The van der Waals surface area contributed by atoms with Crippen molar-refractivity contribution >= 4 is 41.7 Å². The van der Waals surface area contributed by atoms with Gasteiger partial charge in [-0.3, -0.25) is 4.98 Å². The van der Waals surface area contributed by atoms with E-state index in [0.29, 0.717) is 24.5 Å². The number of fused-ring (bicyclic) bond motifs is 1. The molecule has 0 N–H and O–H groups in total. The maximum absolute atomic E-state index is 12.7. The number of methoxy groups -OCH3 is 1. The average Bonchev–Trinajstić information content (AvgIpc) is 2.92. The van der Waals surface area contributed by atoms with Gasteiger partial charge in [0.25, 0.3) is 0 Å². The molecule has 2 aromatic heterocycles. The Hall–Kier alpha value is -2.28. The molecule has 0 unspecified atom stereocenters. The molecular formula is C21H27Cl2N3O3. The highest BCUT2D eigenvalue weighted by molar-refractivity contribution is 6.07. The number of carbonyl (C=O) groups excluding carboxylic acids is 1. The Kier molecular flexibility index (Phi) is 8.95. The lowest BCUT2D eigenvalue weighted by Gasteiger charge is -2.13. The van der Waals surface area contributed by atoms with E-state index in [-0.39, 0.29) is 30.8 Å². The van der Waals surface area contributed by atoms with Crippen molar-refractivity contribution in [2.45, 2.75) is 13.5 Å². The van der Waals surface area contributed by atoms with Gasteiger partial charge in [-0.1, -0.05) is 6.07 Å². The van der Waals surface area contributed by atoms with Gasteiger partial charge in [0.15, 0.2) is 0 Å². The maximum atomic E-state index is 12.7. The average molecular weight is 440 g/mol. The van der Waals surface area contributed by atoms with Crippen LogP contribution < -0.4 is 4.74 Å². The molecule has 1 aromatic carbocycles. The van der Waals surface area contributed by atoms with Gasteiger partial charge in [-0.05, 0) is 39.2 Å². The molecule has 0 amide bonds. The van der Waals surface area contributed by atoms with Crippen molar-refractivity contribution in [2.75, 3.05) is 27.8 Å². The predicted molar refractivity (Wildman–Crippen MR) is 121 cm³/mol. The molecule has 0 bridgehead atoms. The van der Waals surface area contributed by atoms with Crippen molar-refractivity contribution in [2.24, 2.45) is 7.05 Å². The topological polar surface area (TPSA) is 56.6 Å². The van der Waals surface area contributed by atoms with E-state index in [4.69, 9.17) is 9.47 Å². The fourth-order valence-electron chi connectivity index (χ4n) is 3.35. The lowest BCUT2D eigenvalue weighted by Crippen LogP contribution is -2.17. The summed E-state index contributed by atoms with van der Waals surface area (Å²) in [7, 11) is 7.57. The summed E-state index contributed by atoms with van der Waals surface area (Å²) in [6.07, 6.45) is 3.55. The number of benzene rings is 1. The van der Waals surface area contributed by atoms with E-state index in [9.17, 15) is 4.79 Å². The van der Waals surface area contributed by atoms with Gasteiger partial charge in [0.1, 0.15) is 5.75 Å². The predicted octanol–water partition coefficient (Wildman–Crippen LogP) is 4.33. The minimum absolute atomic E-state index is 0. The van der Waals surface area contributed by atoms with Crippen molar-refractivity contribution in [3.05, 3.63) is 47.9 Å². The first kappa shape index (κ1) is 24.8. The molecule has 3 rings (SSSR count). The van der Waals surface area contributed by atoms with Crippen molar-refractivity contribution in [1.29, 1.82) is 0 Å². The van der Waals surface area contributed by atoms with Crippen LogP contribution in [0.4, 0.5) is 0 Å². The van der Waals surface area contributed by atoms with Gasteiger partial charge in [0, 0.05) is 53.7 Å². The molecule has 0 radical (unpaired) electrons. The number of hydrogen-bond acceptors (Lipinski definition) is 5. The zero-order valence-corrected chi connectivity index (χ0v) is 18.9. The fraction of sp³-hybridized carbons (Fsp3) is 0.333. The second-order valence-electron chi connectivity index (χ2n) is 6.65. The van der Waals surface area contributed by atoms with Crippen molar-refractivity contribution in [3.63, 3.8) is 0 Å². The van der Waals surface area contributed by atoms with E-state index in [1.165, 1.54) is 0 Å². The SMILES string of the molecule is CCOC(=O)c1c(CN(C)C)n(C)c2cc(-c3cccnc3)c(OC)cc12.Cl.Cl. The summed E-state index contributed by atoms with van der Waals surface area (Å²) in [4.78, 5) is 19.0. The summed E-state index contributed by atoms with van der Waals surface area (Å²) in [5.74, 6) is 0.388. The van der Waals surface area contributed by atoms with E-state index in [2.05, 4.69) is 9.55 Å². The Morgan fingerprint density at radius 3 is 2.52 bits per heavy atom. The van der Waals surface area contributed by atoms with Gasteiger partial charge < -0.3 is 18.9 Å².